The first-order valence-electron chi connectivity index (χ1n) is 12.4. The minimum absolute atomic E-state index is 0.0673. The molecule has 1 aliphatic heterocycles. The molecule has 1 unspecified atom stereocenters. The number of nitrogens with one attached hydrogen (secondary N) is 2. The number of pyridine rings is 1. The summed E-state index contributed by atoms with van der Waals surface area (Å²) in [5.41, 5.74) is 6.10. The van der Waals surface area contributed by atoms with E-state index in [-0.39, 0.29) is 17.4 Å². The maximum absolute atomic E-state index is 12.7. The van der Waals surface area contributed by atoms with Crippen LogP contribution in [0.2, 0.25) is 0 Å². The monoisotopic (exact) mass is 482 g/mol. The van der Waals surface area contributed by atoms with Crippen molar-refractivity contribution in [1.82, 2.24) is 20.3 Å². The molecule has 36 heavy (non-hydrogen) atoms. The van der Waals surface area contributed by atoms with Crippen LogP contribution < -0.4 is 10.6 Å². The zero-order valence-electron chi connectivity index (χ0n) is 20.7. The number of fused-ring (bicyclic) bond motifs is 1. The Morgan fingerprint density at radius 1 is 1.22 bits per heavy atom. The molecular weight excluding hydrogens is 452 g/mol. The van der Waals surface area contributed by atoms with Crippen LogP contribution in [-0.2, 0) is 16.6 Å². The molecular formula is C28H30N6O2. The number of carbonyl (C=O) groups is 1. The van der Waals surface area contributed by atoms with Crippen molar-refractivity contribution in [2.24, 2.45) is 0 Å². The largest absolute Gasteiger partial charge is 0.381 e. The number of anilines is 2. The number of hydrogen-bond acceptors (Lipinski definition) is 7. The second kappa shape index (κ2) is 10.0. The Labute approximate surface area is 211 Å². The third-order valence-corrected chi connectivity index (χ3v) is 7.25. The SMILES string of the molecule is Cc1cc(C(=O)NC2CCOCC2)ccc1Nc1nccc(-c2cnc3c(c2)C(C)(CC#N)CC3)n1. The number of aromatic nitrogens is 3. The fraction of sp³-hybridized carbons (Fsp3) is 0.393. The molecule has 1 atom stereocenters. The molecule has 2 aromatic heterocycles. The highest BCUT2D eigenvalue weighted by atomic mass is 16.5. The lowest BCUT2D eigenvalue weighted by molar-refractivity contribution is 0.0696. The van der Waals surface area contributed by atoms with Gasteiger partial charge in [-0.25, -0.2) is 9.97 Å². The lowest BCUT2D eigenvalue weighted by atomic mass is 9.81. The van der Waals surface area contributed by atoms with Gasteiger partial charge in [0.05, 0.1) is 11.8 Å². The summed E-state index contributed by atoms with van der Waals surface area (Å²) in [7, 11) is 0. The van der Waals surface area contributed by atoms with E-state index in [1.165, 1.54) is 0 Å². The number of carbonyl (C=O) groups excluding carboxylic acids is 1. The fourth-order valence-corrected chi connectivity index (χ4v) is 5.00. The Morgan fingerprint density at radius 3 is 2.83 bits per heavy atom. The molecule has 0 spiro atoms. The van der Waals surface area contributed by atoms with Gasteiger partial charge in [-0.3, -0.25) is 9.78 Å². The molecule has 0 radical (unpaired) electrons. The molecule has 1 aromatic carbocycles. The normalized spacial score (nSPS) is 19.4. The molecule has 8 heteroatoms. The van der Waals surface area contributed by atoms with Gasteiger partial charge in [0.15, 0.2) is 0 Å². The quantitative estimate of drug-likeness (QED) is 0.527. The molecule has 184 valence electrons. The van der Waals surface area contributed by atoms with Crippen molar-refractivity contribution in [1.29, 1.82) is 5.26 Å². The smallest absolute Gasteiger partial charge is 0.251 e. The van der Waals surface area contributed by atoms with Crippen LogP contribution in [0.3, 0.4) is 0 Å². The maximum atomic E-state index is 12.7. The predicted molar refractivity (Wildman–Crippen MR) is 137 cm³/mol. The van der Waals surface area contributed by atoms with Crippen molar-refractivity contribution in [2.45, 2.75) is 57.4 Å². The Kier molecular flexibility index (Phi) is 6.66. The van der Waals surface area contributed by atoms with E-state index in [0.717, 1.165) is 59.4 Å². The number of aryl methyl sites for hydroxylation is 2. The topological polar surface area (TPSA) is 113 Å². The molecule has 1 aliphatic carbocycles. The van der Waals surface area contributed by atoms with E-state index in [1.54, 1.807) is 6.20 Å². The second-order valence-corrected chi connectivity index (χ2v) is 9.89. The van der Waals surface area contributed by atoms with Crippen LogP contribution >= 0.6 is 0 Å². The van der Waals surface area contributed by atoms with Crippen LogP contribution in [0.5, 0.6) is 0 Å². The molecule has 5 rings (SSSR count). The fourth-order valence-electron chi connectivity index (χ4n) is 5.00. The minimum atomic E-state index is -0.170. The first kappa shape index (κ1) is 23.9. The number of nitrogens with zero attached hydrogens (tertiary/aromatic N) is 4. The van der Waals surface area contributed by atoms with Crippen molar-refractivity contribution in [2.75, 3.05) is 18.5 Å². The van der Waals surface area contributed by atoms with Crippen LogP contribution in [-0.4, -0.2) is 40.1 Å². The Balaban J connectivity index is 1.32. The number of benzene rings is 1. The summed E-state index contributed by atoms with van der Waals surface area (Å²) in [6, 6.07) is 12.0. The standard InChI is InChI=1S/C28H30N6O2/c1-18-15-19(26(35)32-21-7-13-36-14-8-21)3-4-23(18)33-27-30-12-6-24(34-27)20-16-22-25(31-17-20)5-9-28(22,2)10-11-29/h3-4,6,12,15-17,21H,5,7-10,13-14H2,1-2H3,(H,32,35)(H,30,33,34). The van der Waals surface area contributed by atoms with Crippen molar-refractivity contribution in [3.63, 3.8) is 0 Å². The van der Waals surface area contributed by atoms with Gasteiger partial charge >= 0.3 is 0 Å². The van der Waals surface area contributed by atoms with Crippen molar-refractivity contribution >= 4 is 17.5 Å². The summed E-state index contributed by atoms with van der Waals surface area (Å²) in [6.45, 7) is 5.47. The zero-order valence-corrected chi connectivity index (χ0v) is 20.7. The Bertz CT molecular complexity index is 1330. The summed E-state index contributed by atoms with van der Waals surface area (Å²) < 4.78 is 5.37. The highest BCUT2D eigenvalue weighted by Gasteiger charge is 2.35. The highest BCUT2D eigenvalue weighted by molar-refractivity contribution is 5.95. The zero-order chi connectivity index (χ0) is 25.1. The van der Waals surface area contributed by atoms with E-state index in [9.17, 15) is 10.1 Å². The Hall–Kier alpha value is -3.83. The van der Waals surface area contributed by atoms with Crippen LogP contribution in [0.15, 0.2) is 42.7 Å². The van der Waals surface area contributed by atoms with Crippen LogP contribution in [0.4, 0.5) is 11.6 Å². The van der Waals surface area contributed by atoms with Gasteiger partial charge in [-0.15, -0.1) is 0 Å². The van der Waals surface area contributed by atoms with Crippen molar-refractivity contribution in [3.8, 4) is 17.3 Å². The predicted octanol–water partition coefficient (Wildman–Crippen LogP) is 4.62. The maximum Gasteiger partial charge on any atom is 0.251 e. The van der Waals surface area contributed by atoms with Gasteiger partial charge in [0, 0.05) is 66.0 Å². The second-order valence-electron chi connectivity index (χ2n) is 9.89. The number of amides is 1. The first-order chi connectivity index (χ1) is 17.4. The van der Waals surface area contributed by atoms with E-state index < -0.39 is 0 Å². The van der Waals surface area contributed by atoms with Gasteiger partial charge in [0.2, 0.25) is 5.95 Å². The number of rotatable bonds is 6. The summed E-state index contributed by atoms with van der Waals surface area (Å²) in [5.74, 6) is 0.401. The van der Waals surface area contributed by atoms with Gasteiger partial charge in [0.25, 0.3) is 5.91 Å². The third-order valence-electron chi connectivity index (χ3n) is 7.25. The van der Waals surface area contributed by atoms with Gasteiger partial charge < -0.3 is 15.4 Å². The summed E-state index contributed by atoms with van der Waals surface area (Å²) in [4.78, 5) is 26.5. The molecule has 3 aromatic rings. The molecule has 0 bridgehead atoms. The molecule has 8 nitrogen and oxygen atoms in total. The lowest BCUT2D eigenvalue weighted by Gasteiger charge is -2.23. The summed E-state index contributed by atoms with van der Waals surface area (Å²) in [6.07, 6.45) is 7.56. The number of ether oxygens (including phenoxy) is 1. The number of hydrogen-bond donors (Lipinski definition) is 2. The van der Waals surface area contributed by atoms with Crippen LogP contribution in [0.1, 0.15) is 59.8 Å². The van der Waals surface area contributed by atoms with Crippen LogP contribution in [0, 0.1) is 18.3 Å². The molecule has 1 fully saturated rings. The minimum Gasteiger partial charge on any atom is -0.381 e. The van der Waals surface area contributed by atoms with Crippen molar-refractivity contribution in [3.05, 3.63) is 65.1 Å². The Morgan fingerprint density at radius 2 is 2.06 bits per heavy atom. The molecule has 2 N–H and O–H groups in total. The van der Waals surface area contributed by atoms with Gasteiger partial charge in [-0.1, -0.05) is 6.92 Å². The average molecular weight is 483 g/mol. The van der Waals surface area contributed by atoms with E-state index in [2.05, 4.69) is 39.7 Å². The molecule has 3 heterocycles. The molecule has 1 saturated heterocycles. The lowest BCUT2D eigenvalue weighted by Crippen LogP contribution is -2.38. The third kappa shape index (κ3) is 4.93. The molecule has 1 amide bonds. The van der Waals surface area contributed by atoms with Gasteiger partial charge in [-0.2, -0.15) is 5.26 Å². The number of nitriles is 1. The highest BCUT2D eigenvalue weighted by Crippen LogP contribution is 2.41. The van der Waals surface area contributed by atoms with Crippen LogP contribution in [0.25, 0.3) is 11.3 Å². The summed E-state index contributed by atoms with van der Waals surface area (Å²) >= 11 is 0. The van der Waals surface area contributed by atoms with E-state index >= 15 is 0 Å². The molecule has 2 aliphatic rings. The van der Waals surface area contributed by atoms with Gasteiger partial charge in [-0.05, 0) is 74.1 Å². The summed E-state index contributed by atoms with van der Waals surface area (Å²) in [5, 5.41) is 15.7. The average Bonchev–Trinajstić information content (AvgIpc) is 3.22. The van der Waals surface area contributed by atoms with E-state index in [1.807, 2.05) is 37.4 Å². The van der Waals surface area contributed by atoms with E-state index in [4.69, 9.17) is 9.72 Å². The first-order valence-corrected chi connectivity index (χ1v) is 12.4. The van der Waals surface area contributed by atoms with E-state index in [0.29, 0.717) is 31.1 Å². The van der Waals surface area contributed by atoms with Crippen molar-refractivity contribution < 1.29 is 9.53 Å². The molecule has 0 saturated carbocycles. The van der Waals surface area contributed by atoms with Gasteiger partial charge in [0.1, 0.15) is 0 Å².